The summed E-state index contributed by atoms with van der Waals surface area (Å²) in [6.45, 7) is 8.80. The van der Waals surface area contributed by atoms with E-state index in [2.05, 4.69) is 69.3 Å². The maximum Gasteiger partial charge on any atom is 0.226 e. The third kappa shape index (κ3) is 5.07. The maximum absolute atomic E-state index is 13.0. The van der Waals surface area contributed by atoms with E-state index in [-0.39, 0.29) is 18.0 Å². The van der Waals surface area contributed by atoms with Gasteiger partial charge in [0.25, 0.3) is 0 Å². The molecule has 2 atom stereocenters. The summed E-state index contributed by atoms with van der Waals surface area (Å²) in [5, 5.41) is 7.23. The van der Waals surface area contributed by atoms with Crippen LogP contribution in [0.25, 0.3) is 5.69 Å². The number of hydrogen-bond acceptors (Lipinski definition) is 3. The van der Waals surface area contributed by atoms with Gasteiger partial charge in [-0.05, 0) is 93.0 Å². The van der Waals surface area contributed by atoms with Crippen LogP contribution in [0, 0.1) is 27.7 Å². The normalized spacial score (nSPS) is 16.9. The second kappa shape index (κ2) is 10.8. The van der Waals surface area contributed by atoms with E-state index in [9.17, 15) is 4.79 Å². The minimum atomic E-state index is -0.129. The number of carbonyl (C=O) groups excluding carboxylic acids is 1. The van der Waals surface area contributed by atoms with Crippen molar-refractivity contribution in [3.8, 4) is 5.69 Å². The molecule has 2 aromatic carbocycles. The Morgan fingerprint density at radius 2 is 1.76 bits per heavy atom. The topological polar surface area (TPSA) is 62.2 Å². The van der Waals surface area contributed by atoms with Crippen LogP contribution < -0.4 is 10.6 Å². The fraction of sp³-hybridized carbons (Fsp3) is 0.258. The number of aromatic nitrogens is 2. The van der Waals surface area contributed by atoms with Crippen LogP contribution in [0.4, 0.5) is 5.69 Å². The average molecular weight is 524 g/mol. The number of hydrogen-bond donors (Lipinski definition) is 2. The molecule has 5 rings (SSSR count). The van der Waals surface area contributed by atoms with Gasteiger partial charge in [-0.2, -0.15) is 0 Å². The molecule has 0 spiro atoms. The molecule has 1 fully saturated rings. The highest BCUT2D eigenvalue weighted by Crippen LogP contribution is 2.41. The molecule has 7 heteroatoms. The molecule has 1 saturated heterocycles. The summed E-state index contributed by atoms with van der Waals surface area (Å²) in [6.07, 6.45) is 2.13. The predicted octanol–water partition coefficient (Wildman–Crippen LogP) is 6.11. The molecule has 6 nitrogen and oxygen atoms in total. The second-order valence-corrected chi connectivity index (χ2v) is 10.3. The first-order valence-electron chi connectivity index (χ1n) is 12.9. The second-order valence-electron chi connectivity index (χ2n) is 9.93. The molecule has 1 aliphatic rings. The Kier molecular flexibility index (Phi) is 7.29. The lowest BCUT2D eigenvalue weighted by atomic mass is 9.96. The smallest absolute Gasteiger partial charge is 0.226 e. The maximum atomic E-state index is 13.0. The molecule has 0 radical (unpaired) electrons. The first-order valence-corrected chi connectivity index (χ1v) is 13.3. The zero-order chi connectivity index (χ0) is 26.8. The molecular formula is C31H33N5OS. The number of amides is 1. The summed E-state index contributed by atoms with van der Waals surface area (Å²) < 4.78 is 2.28. The van der Waals surface area contributed by atoms with Crippen molar-refractivity contribution in [3.63, 3.8) is 0 Å². The Labute approximate surface area is 229 Å². The van der Waals surface area contributed by atoms with Crippen molar-refractivity contribution in [2.24, 2.45) is 0 Å². The van der Waals surface area contributed by atoms with Crippen LogP contribution in [0.3, 0.4) is 0 Å². The summed E-state index contributed by atoms with van der Waals surface area (Å²) >= 11 is 5.84. The first-order chi connectivity index (χ1) is 18.3. The van der Waals surface area contributed by atoms with E-state index in [1.165, 1.54) is 5.56 Å². The van der Waals surface area contributed by atoms with E-state index in [0.29, 0.717) is 18.1 Å². The van der Waals surface area contributed by atoms with Gasteiger partial charge in [-0.15, -0.1) is 0 Å². The first kappa shape index (κ1) is 25.7. The number of pyridine rings is 1. The van der Waals surface area contributed by atoms with Gasteiger partial charge in [0.1, 0.15) is 0 Å². The summed E-state index contributed by atoms with van der Waals surface area (Å²) in [6, 6.07) is 24.4. The molecule has 3 heterocycles. The van der Waals surface area contributed by atoms with Crippen molar-refractivity contribution >= 4 is 28.9 Å². The van der Waals surface area contributed by atoms with Gasteiger partial charge >= 0.3 is 0 Å². The number of rotatable bonds is 7. The Bertz CT molecular complexity index is 1460. The van der Waals surface area contributed by atoms with Gasteiger partial charge in [-0.1, -0.05) is 36.4 Å². The number of anilines is 1. The van der Waals surface area contributed by atoms with Crippen LogP contribution in [-0.2, 0) is 4.79 Å². The summed E-state index contributed by atoms with van der Waals surface area (Å²) in [5.41, 5.74) is 8.52. The van der Waals surface area contributed by atoms with Crippen molar-refractivity contribution < 1.29 is 4.79 Å². The number of thiocarbonyl (C=S) groups is 1. The van der Waals surface area contributed by atoms with Crippen LogP contribution in [0.2, 0.25) is 0 Å². The van der Waals surface area contributed by atoms with Gasteiger partial charge in [0.15, 0.2) is 5.11 Å². The van der Waals surface area contributed by atoms with Crippen molar-refractivity contribution in [1.29, 1.82) is 0 Å². The van der Waals surface area contributed by atoms with E-state index >= 15 is 0 Å². The lowest BCUT2D eigenvalue weighted by molar-refractivity contribution is -0.116. The van der Waals surface area contributed by atoms with Crippen LogP contribution >= 0.6 is 12.2 Å². The van der Waals surface area contributed by atoms with Gasteiger partial charge in [-0.25, -0.2) is 0 Å². The standard InChI is InChI=1S/C31H33N5OS/c1-20-13-14-21(2)27(18-20)33-28(37)15-17-35-30(29(34-31(35)38)26-12-8-9-16-32-26)25-19-22(3)36(23(25)4)24-10-6-5-7-11-24/h5-14,16,18-19,29-30H,15,17H2,1-4H3,(H,33,37)(H,34,38)/t29-,30+/m0/s1. The number of aryl methyl sites for hydroxylation is 3. The largest absolute Gasteiger partial charge is 0.352 e. The van der Waals surface area contributed by atoms with Crippen LogP contribution in [0.1, 0.15) is 52.3 Å². The molecule has 0 bridgehead atoms. The van der Waals surface area contributed by atoms with E-state index < -0.39 is 0 Å². The Hall–Kier alpha value is -3.97. The highest BCUT2D eigenvalue weighted by atomic mass is 32.1. The molecule has 2 aromatic heterocycles. The van der Waals surface area contributed by atoms with Crippen molar-refractivity contribution in [2.75, 3.05) is 11.9 Å². The minimum absolute atomic E-state index is 0.0312. The van der Waals surface area contributed by atoms with Crippen LogP contribution in [-0.4, -0.2) is 32.0 Å². The fourth-order valence-corrected chi connectivity index (χ4v) is 5.68. The molecular weight excluding hydrogens is 490 g/mol. The lowest BCUT2D eigenvalue weighted by Gasteiger charge is -2.28. The summed E-state index contributed by atoms with van der Waals surface area (Å²) in [4.78, 5) is 19.8. The van der Waals surface area contributed by atoms with E-state index in [4.69, 9.17) is 12.2 Å². The zero-order valence-corrected chi connectivity index (χ0v) is 23.0. The highest BCUT2D eigenvalue weighted by molar-refractivity contribution is 7.80. The number of para-hydroxylation sites is 1. The van der Waals surface area contributed by atoms with Gasteiger partial charge in [-0.3, -0.25) is 9.78 Å². The molecule has 2 N–H and O–H groups in total. The molecule has 1 amide bonds. The number of carbonyl (C=O) groups is 1. The Balaban J connectivity index is 1.46. The van der Waals surface area contributed by atoms with Gasteiger partial charge in [0, 0.05) is 41.9 Å². The highest BCUT2D eigenvalue weighted by Gasteiger charge is 2.41. The van der Waals surface area contributed by atoms with Gasteiger partial charge in [0.2, 0.25) is 5.91 Å². The summed E-state index contributed by atoms with van der Waals surface area (Å²) in [7, 11) is 0. The number of nitrogens with zero attached hydrogens (tertiary/aromatic N) is 3. The van der Waals surface area contributed by atoms with E-state index in [0.717, 1.165) is 39.6 Å². The van der Waals surface area contributed by atoms with Crippen molar-refractivity contribution in [2.45, 2.75) is 46.2 Å². The Morgan fingerprint density at radius 3 is 2.50 bits per heavy atom. The number of nitrogens with one attached hydrogen (secondary N) is 2. The molecule has 0 saturated carbocycles. The molecule has 0 aliphatic carbocycles. The molecule has 194 valence electrons. The fourth-order valence-electron chi connectivity index (χ4n) is 5.35. The molecule has 38 heavy (non-hydrogen) atoms. The van der Waals surface area contributed by atoms with Crippen LogP contribution in [0.15, 0.2) is 79.0 Å². The van der Waals surface area contributed by atoms with Crippen LogP contribution in [0.5, 0.6) is 0 Å². The van der Waals surface area contributed by atoms with Crippen molar-refractivity contribution in [1.82, 2.24) is 19.8 Å². The Morgan fingerprint density at radius 1 is 1.00 bits per heavy atom. The average Bonchev–Trinajstić information content (AvgIpc) is 3.40. The van der Waals surface area contributed by atoms with Crippen molar-refractivity contribution in [3.05, 3.63) is 113 Å². The third-order valence-corrected chi connectivity index (χ3v) is 7.60. The molecule has 0 unspecified atom stereocenters. The lowest BCUT2D eigenvalue weighted by Crippen LogP contribution is -2.33. The minimum Gasteiger partial charge on any atom is -0.352 e. The molecule has 4 aromatic rings. The van der Waals surface area contributed by atoms with Gasteiger partial charge < -0.3 is 20.1 Å². The zero-order valence-electron chi connectivity index (χ0n) is 22.2. The molecule has 1 aliphatic heterocycles. The predicted molar refractivity (Wildman–Crippen MR) is 157 cm³/mol. The SMILES string of the molecule is Cc1ccc(C)c(NC(=O)CCN2C(=S)N[C@@H](c3ccccn3)[C@H]2c2cc(C)n(-c3ccccc3)c2C)c1. The van der Waals surface area contributed by atoms with Gasteiger partial charge in [0.05, 0.1) is 17.8 Å². The van der Waals surface area contributed by atoms with E-state index in [1.54, 1.807) is 0 Å². The monoisotopic (exact) mass is 523 g/mol. The van der Waals surface area contributed by atoms with E-state index in [1.807, 2.05) is 62.5 Å². The number of benzene rings is 2. The summed E-state index contributed by atoms with van der Waals surface area (Å²) in [5.74, 6) is -0.0312. The third-order valence-electron chi connectivity index (χ3n) is 7.25. The quantitative estimate of drug-likeness (QED) is 0.286.